The Labute approximate surface area is 495 Å². The van der Waals surface area contributed by atoms with E-state index in [4.69, 9.17) is 24.0 Å². The molecule has 20 heteroatoms. The zero-order chi connectivity index (χ0) is 61.5. The number of hydrogen-bond acceptors (Lipinski definition) is 17. The Bertz CT molecular complexity index is 3520. The van der Waals surface area contributed by atoms with Crippen molar-refractivity contribution in [1.82, 2.24) is 14.3 Å². The number of anilines is 2. The van der Waals surface area contributed by atoms with E-state index in [1.54, 1.807) is 46.8 Å². The minimum atomic E-state index is -2.09. The third kappa shape index (κ3) is 10.9. The molecule has 5 bridgehead atoms. The van der Waals surface area contributed by atoms with Crippen LogP contribution in [0, 0.1) is 56.2 Å². The summed E-state index contributed by atoms with van der Waals surface area (Å²) in [5.41, 5.74) is 3.27. The average Bonchev–Trinajstić information content (AvgIpc) is 1.84. The summed E-state index contributed by atoms with van der Waals surface area (Å²) in [6.45, 7) is 18.7. The number of amides is 1. The Balaban J connectivity index is 0.935. The summed E-state index contributed by atoms with van der Waals surface area (Å²) in [5, 5.41) is 68.7. The number of aromatic hydroxyl groups is 3. The standard InChI is InChI=1S/C65H83FN6O13/c1-32-14-13-15-33(2)62(80)68-51-45(29-67-71-25-19-43(20-26-71)69(11)65(22-23-65)42-18-24-70(30-42)53-36(5)52-44(41-16-17-41)28-34(3)63(81)72(52)31-46(53)66)57(77)48-49(58(51)78)56(76)39(8)60-50(48)61(79)64(10,85-60)83-27-21-47(82-12)35(4)59(84-40(9)73)38(7)55(75)37(6)54(32)74/h13-15,21,27-29,31-32,35,37-38,41-43,47,54-55,59,74-78H,16-20,22-26,30H2,1-12H3,(H,68,80)/b14-13+,27-21+,33-15-,67-29-/t32-,35+,37+,38+,42+,47-,54-,55+,59+,64-/m0/s1. The van der Waals surface area contributed by atoms with Crippen LogP contribution in [0.25, 0.3) is 16.3 Å². The van der Waals surface area contributed by atoms with Gasteiger partial charge in [0.05, 0.1) is 70.4 Å². The zero-order valence-electron chi connectivity index (χ0n) is 50.9. The summed E-state index contributed by atoms with van der Waals surface area (Å²) in [5.74, 6) is -8.36. The molecule has 10 atom stereocenters. The number of carbonyl (C=O) groups is 3. The van der Waals surface area contributed by atoms with Crippen LogP contribution in [0.2, 0.25) is 0 Å². The van der Waals surface area contributed by atoms with Gasteiger partial charge in [-0.15, -0.1) is 0 Å². The molecule has 85 heavy (non-hydrogen) atoms. The summed E-state index contributed by atoms with van der Waals surface area (Å²) in [7, 11) is 3.63. The number of benzene rings is 2. The number of fused-ring (bicyclic) bond motifs is 15. The number of hydrogen-bond donors (Lipinski definition) is 6. The van der Waals surface area contributed by atoms with Gasteiger partial charge in [0.15, 0.2) is 11.6 Å². The summed E-state index contributed by atoms with van der Waals surface area (Å²) >= 11 is 0. The molecule has 4 fully saturated rings. The molecule has 19 nitrogen and oxygen atoms in total. The number of methoxy groups -OCH3 is 1. The summed E-state index contributed by atoms with van der Waals surface area (Å²) in [6.07, 6.45) is 12.7. The summed E-state index contributed by atoms with van der Waals surface area (Å²) < 4.78 is 41.7. The molecule has 2 aliphatic carbocycles. The van der Waals surface area contributed by atoms with Crippen molar-refractivity contribution in [3.05, 3.63) is 98.0 Å². The Morgan fingerprint density at radius 3 is 2.24 bits per heavy atom. The lowest BCUT2D eigenvalue weighted by molar-refractivity contribution is -0.160. The van der Waals surface area contributed by atoms with Crippen LogP contribution in [0.3, 0.4) is 0 Å². The molecule has 1 amide bonds. The maximum atomic E-state index is 16.2. The number of aryl methyl sites for hydroxylation is 2. The van der Waals surface area contributed by atoms with E-state index < -0.39 is 88.8 Å². The van der Waals surface area contributed by atoms with Crippen molar-refractivity contribution in [2.75, 3.05) is 50.6 Å². The number of pyridine rings is 2. The van der Waals surface area contributed by atoms with Crippen LogP contribution in [-0.2, 0) is 23.8 Å². The number of ketones is 1. The first-order valence-corrected chi connectivity index (χ1v) is 29.9. The van der Waals surface area contributed by atoms with Crippen molar-refractivity contribution in [2.24, 2.45) is 34.7 Å². The molecule has 2 aromatic carbocycles. The molecule has 2 saturated carbocycles. The molecule has 5 aliphatic heterocycles. The van der Waals surface area contributed by atoms with Gasteiger partial charge < -0.3 is 54.7 Å². The van der Waals surface area contributed by atoms with E-state index in [-0.39, 0.29) is 67.4 Å². The zero-order valence-corrected chi connectivity index (χ0v) is 50.9. The third-order valence-corrected chi connectivity index (χ3v) is 19.7. The van der Waals surface area contributed by atoms with Gasteiger partial charge in [0, 0.05) is 104 Å². The van der Waals surface area contributed by atoms with E-state index in [1.165, 1.54) is 70.0 Å². The first-order valence-electron chi connectivity index (χ1n) is 29.9. The number of carbonyl (C=O) groups excluding carboxylic acids is 3. The van der Waals surface area contributed by atoms with Gasteiger partial charge in [0.1, 0.15) is 23.4 Å². The van der Waals surface area contributed by atoms with Gasteiger partial charge in [-0.05, 0) is 115 Å². The number of hydrazone groups is 1. The number of aliphatic hydroxyl groups excluding tert-OH is 2. The molecule has 0 spiro atoms. The second-order valence-corrected chi connectivity index (χ2v) is 25.2. The van der Waals surface area contributed by atoms with Gasteiger partial charge >= 0.3 is 11.8 Å². The lowest BCUT2D eigenvalue weighted by Crippen LogP contribution is -2.50. The Morgan fingerprint density at radius 2 is 1.59 bits per heavy atom. The van der Waals surface area contributed by atoms with Gasteiger partial charge in [-0.1, -0.05) is 45.9 Å². The minimum Gasteiger partial charge on any atom is -0.507 e. The molecule has 0 radical (unpaired) electrons. The first kappa shape index (κ1) is 61.1. The van der Waals surface area contributed by atoms with Gasteiger partial charge in [-0.2, -0.15) is 5.10 Å². The third-order valence-electron chi connectivity index (χ3n) is 19.7. The van der Waals surface area contributed by atoms with Crippen molar-refractivity contribution in [2.45, 2.75) is 162 Å². The highest BCUT2D eigenvalue weighted by Gasteiger charge is 2.56. The largest absolute Gasteiger partial charge is 0.507 e. The van der Waals surface area contributed by atoms with Crippen LogP contribution < -0.4 is 20.5 Å². The summed E-state index contributed by atoms with van der Waals surface area (Å²) in [6, 6.07) is 2.20. The molecule has 0 unspecified atom stereocenters. The number of aliphatic hydroxyl groups is 2. The van der Waals surface area contributed by atoms with Crippen LogP contribution in [0.4, 0.5) is 15.8 Å². The van der Waals surface area contributed by atoms with E-state index in [1.807, 2.05) is 18.0 Å². The monoisotopic (exact) mass is 1170 g/mol. The lowest BCUT2D eigenvalue weighted by Gasteiger charge is -2.42. The molecule has 4 aromatic rings. The fourth-order valence-electron chi connectivity index (χ4n) is 14.2. The van der Waals surface area contributed by atoms with Gasteiger partial charge in [0.2, 0.25) is 0 Å². The van der Waals surface area contributed by atoms with Gasteiger partial charge in [0.25, 0.3) is 17.2 Å². The second kappa shape index (κ2) is 23.4. The van der Waals surface area contributed by atoms with Crippen molar-refractivity contribution < 1.29 is 63.3 Å². The Kier molecular flexibility index (Phi) is 16.8. The fourth-order valence-corrected chi connectivity index (χ4v) is 14.2. The normalized spacial score (nSPS) is 30.0. The number of rotatable bonds is 9. The van der Waals surface area contributed by atoms with E-state index in [2.05, 4.69) is 22.2 Å². The maximum Gasteiger partial charge on any atom is 0.312 e. The molecule has 7 aliphatic rings. The number of Topliss-reactive ketones (excluding diaryl/α,β-unsaturated/α-hetero) is 1. The number of ether oxygens (including phenoxy) is 4. The lowest BCUT2D eigenvalue weighted by atomic mass is 9.78. The quantitative estimate of drug-likeness (QED) is 0.0397. The van der Waals surface area contributed by atoms with Crippen molar-refractivity contribution in [3.63, 3.8) is 0 Å². The van der Waals surface area contributed by atoms with Crippen molar-refractivity contribution in [3.8, 4) is 23.0 Å². The molecule has 11 rings (SSSR count). The molecule has 2 aromatic heterocycles. The highest BCUT2D eigenvalue weighted by Crippen LogP contribution is 2.56. The number of nitrogens with zero attached hydrogens (tertiary/aromatic N) is 5. The minimum absolute atomic E-state index is 0.0364. The second-order valence-electron chi connectivity index (χ2n) is 25.2. The molecule has 2 saturated heterocycles. The summed E-state index contributed by atoms with van der Waals surface area (Å²) in [4.78, 5) is 59.5. The maximum absolute atomic E-state index is 16.2. The Morgan fingerprint density at radius 1 is 0.894 bits per heavy atom. The topological polar surface area (TPSA) is 245 Å². The number of phenols is 3. The molecule has 458 valence electrons. The molecular weight excluding hydrogens is 1090 g/mol. The van der Waals surface area contributed by atoms with Crippen LogP contribution in [-0.4, -0.2) is 146 Å². The van der Waals surface area contributed by atoms with Crippen molar-refractivity contribution >= 4 is 51.5 Å². The number of phenolic OH excluding ortho intramolecular Hbond substituents is 3. The smallest absolute Gasteiger partial charge is 0.312 e. The highest BCUT2D eigenvalue weighted by atomic mass is 19.1. The van der Waals surface area contributed by atoms with Crippen LogP contribution in [0.1, 0.15) is 138 Å². The van der Waals surface area contributed by atoms with Crippen LogP contribution in [0.5, 0.6) is 23.0 Å². The molecule has 7 heterocycles. The Hall–Kier alpha value is -7.00. The number of halogens is 1. The number of aromatic nitrogens is 1. The van der Waals surface area contributed by atoms with Gasteiger partial charge in [-0.3, -0.25) is 33.5 Å². The number of nitrogens with one attached hydrogen (secondary N) is 1. The number of esters is 1. The highest BCUT2D eigenvalue weighted by molar-refractivity contribution is 6.24. The molecular formula is C65H83FN6O13. The SMILES string of the molecule is CO[C@H]1/C=C/O[C@@]2(C)Oc3c(C)c(O)c4c(O)c(c(/C=N\N5CCC(N(C)C6([C@@H]7CCN(c8c(F)cn9c(=O)c(C)cc(C%10CC%10)c9c8C)C7)CC6)CC5)c(O)c4c3C2=O)NC(=O)/C(C)=C\C=C\[C@H](C)[C@H](O)[C@@H](C)[C@@H](O)[C@@H](C)[C@H](OC(C)=O)[C@@H]1C. The predicted molar refractivity (Wildman–Crippen MR) is 321 cm³/mol. The van der Waals surface area contributed by atoms with E-state index >= 15 is 4.39 Å². The number of allylic oxidation sites excluding steroid dienone is 2. The predicted octanol–water partition coefficient (Wildman–Crippen LogP) is 8.79. The van der Waals surface area contributed by atoms with Gasteiger partial charge in [-0.25, -0.2) is 4.39 Å². The van der Waals surface area contributed by atoms with E-state index in [9.17, 15) is 44.7 Å². The average molecular weight is 1180 g/mol. The number of piperidine rings is 1. The van der Waals surface area contributed by atoms with E-state index in [0.29, 0.717) is 49.3 Å². The van der Waals surface area contributed by atoms with Crippen LogP contribution >= 0.6 is 0 Å². The first-order chi connectivity index (χ1) is 40.2. The van der Waals surface area contributed by atoms with Crippen molar-refractivity contribution in [1.29, 1.82) is 0 Å². The fraction of sp³-hybridized carbons (Fsp3) is 0.554. The van der Waals surface area contributed by atoms with Crippen LogP contribution in [0.15, 0.2) is 58.3 Å². The molecule has 6 N–H and O–H groups in total. The van der Waals surface area contributed by atoms with E-state index in [0.717, 1.165) is 61.6 Å².